The molecule has 3 aromatic carbocycles. The van der Waals surface area contributed by atoms with E-state index in [1.54, 1.807) is 24.3 Å². The molecule has 0 unspecified atom stereocenters. The van der Waals surface area contributed by atoms with Crippen molar-refractivity contribution < 1.29 is 28.9 Å². The number of aliphatic hydroxyl groups excluding tert-OH is 1. The lowest BCUT2D eigenvalue weighted by molar-refractivity contribution is -0.132. The maximum absolute atomic E-state index is 13.6. The first kappa shape index (κ1) is 26.2. The number of hydrogen-bond acceptors (Lipinski definition) is 8. The summed E-state index contributed by atoms with van der Waals surface area (Å²) in [6.45, 7) is 3.99. The van der Waals surface area contributed by atoms with E-state index >= 15 is 0 Å². The molecule has 9 heteroatoms. The summed E-state index contributed by atoms with van der Waals surface area (Å²) in [6.07, 6.45) is 0.857. The molecule has 200 valence electrons. The molecule has 0 radical (unpaired) electrons. The van der Waals surface area contributed by atoms with Crippen molar-refractivity contribution in [1.82, 2.24) is 4.98 Å². The average molecular weight is 545 g/mol. The van der Waals surface area contributed by atoms with Crippen LogP contribution < -0.4 is 19.1 Å². The minimum absolute atomic E-state index is 0.0494. The standard InChI is InChI=1S/C30H28N2O6S/c1-6-17-9-12-20-23(13-17)39-30(31-20)32-25(19-14-21(36-3)28(38-5)22(15-19)37-4)24(27(34)29(32)35)26(33)18-10-7-16(2)8-11-18/h7-15,25,33H,6H2,1-5H3/b26-24+/t25-/m0/s1. The zero-order chi connectivity index (χ0) is 27.8. The Bertz CT molecular complexity index is 1600. The quantitative estimate of drug-likeness (QED) is 0.178. The Hall–Kier alpha value is -4.37. The number of carbonyl (C=O) groups is 2. The summed E-state index contributed by atoms with van der Waals surface area (Å²) in [7, 11) is 4.47. The SMILES string of the molecule is CCc1ccc2nc(N3C(=O)C(=O)/C(=C(/O)c4ccc(C)cc4)[C@@H]3c3cc(OC)c(OC)c(OC)c3)sc2c1. The molecule has 1 amide bonds. The molecule has 0 aliphatic carbocycles. The fourth-order valence-corrected chi connectivity index (χ4v) is 5.81. The number of benzene rings is 3. The first-order chi connectivity index (χ1) is 18.8. The summed E-state index contributed by atoms with van der Waals surface area (Å²) in [5.41, 5.74) is 3.72. The van der Waals surface area contributed by atoms with Gasteiger partial charge < -0.3 is 19.3 Å². The third-order valence-electron chi connectivity index (χ3n) is 6.83. The number of aryl methyl sites for hydroxylation is 2. The Morgan fingerprint density at radius 2 is 1.64 bits per heavy atom. The minimum Gasteiger partial charge on any atom is -0.507 e. The van der Waals surface area contributed by atoms with Gasteiger partial charge in [-0.1, -0.05) is 54.2 Å². The molecule has 1 atom stereocenters. The summed E-state index contributed by atoms with van der Waals surface area (Å²) < 4.78 is 17.5. The van der Waals surface area contributed by atoms with Crippen molar-refractivity contribution in [3.05, 3.63) is 82.4 Å². The van der Waals surface area contributed by atoms with E-state index < -0.39 is 17.7 Å². The number of thiazole rings is 1. The van der Waals surface area contributed by atoms with Crippen LogP contribution in [0.5, 0.6) is 17.2 Å². The van der Waals surface area contributed by atoms with E-state index in [4.69, 9.17) is 19.2 Å². The number of hydrogen-bond donors (Lipinski definition) is 1. The number of Topliss-reactive ketones (excluding diaryl/α,β-unsaturated/α-hetero) is 1. The highest BCUT2D eigenvalue weighted by Gasteiger charge is 2.48. The average Bonchev–Trinajstić information content (AvgIpc) is 3.49. The van der Waals surface area contributed by atoms with Crippen molar-refractivity contribution in [2.75, 3.05) is 26.2 Å². The summed E-state index contributed by atoms with van der Waals surface area (Å²) in [6, 6.07) is 15.4. The van der Waals surface area contributed by atoms with E-state index in [0.29, 0.717) is 33.5 Å². The third kappa shape index (κ3) is 4.48. The highest BCUT2D eigenvalue weighted by molar-refractivity contribution is 7.22. The van der Waals surface area contributed by atoms with Gasteiger partial charge in [0.05, 0.1) is 43.2 Å². The number of aliphatic hydroxyl groups is 1. The summed E-state index contributed by atoms with van der Waals surface area (Å²) in [5.74, 6) is -0.790. The number of fused-ring (bicyclic) bond motifs is 1. The first-order valence-corrected chi connectivity index (χ1v) is 13.2. The molecule has 5 rings (SSSR count). The van der Waals surface area contributed by atoms with Crippen LogP contribution in [0.3, 0.4) is 0 Å². The normalized spacial score (nSPS) is 16.6. The second kappa shape index (κ2) is 10.4. The summed E-state index contributed by atoms with van der Waals surface area (Å²) >= 11 is 1.32. The first-order valence-electron chi connectivity index (χ1n) is 12.4. The Labute approximate surface area is 230 Å². The van der Waals surface area contributed by atoms with Crippen LogP contribution in [0.25, 0.3) is 16.0 Å². The van der Waals surface area contributed by atoms with Gasteiger partial charge in [0, 0.05) is 5.56 Å². The monoisotopic (exact) mass is 544 g/mol. The van der Waals surface area contributed by atoms with Gasteiger partial charge in [-0.05, 0) is 48.7 Å². The Morgan fingerprint density at radius 1 is 0.974 bits per heavy atom. The predicted molar refractivity (Wildman–Crippen MR) is 151 cm³/mol. The van der Waals surface area contributed by atoms with Crippen LogP contribution in [0.2, 0.25) is 0 Å². The Morgan fingerprint density at radius 3 is 2.23 bits per heavy atom. The van der Waals surface area contributed by atoms with Crippen LogP contribution >= 0.6 is 11.3 Å². The van der Waals surface area contributed by atoms with Crippen LogP contribution in [0.15, 0.2) is 60.2 Å². The molecular weight excluding hydrogens is 516 g/mol. The van der Waals surface area contributed by atoms with Gasteiger partial charge in [-0.3, -0.25) is 14.5 Å². The molecule has 39 heavy (non-hydrogen) atoms. The number of ketones is 1. The van der Waals surface area contributed by atoms with Gasteiger partial charge in [0.25, 0.3) is 5.78 Å². The van der Waals surface area contributed by atoms with Crippen molar-refractivity contribution >= 4 is 44.1 Å². The molecule has 1 aliphatic rings. The molecule has 4 aromatic rings. The van der Waals surface area contributed by atoms with Crippen LogP contribution in [-0.4, -0.2) is 43.1 Å². The molecule has 1 aromatic heterocycles. The molecule has 1 saturated heterocycles. The van der Waals surface area contributed by atoms with Crippen molar-refractivity contribution in [2.45, 2.75) is 26.3 Å². The zero-order valence-corrected chi connectivity index (χ0v) is 23.1. The number of methoxy groups -OCH3 is 3. The second-order valence-electron chi connectivity index (χ2n) is 9.15. The van der Waals surface area contributed by atoms with Gasteiger partial charge in [0.15, 0.2) is 16.6 Å². The number of anilines is 1. The van der Waals surface area contributed by atoms with E-state index in [2.05, 4.69) is 6.92 Å². The lowest BCUT2D eigenvalue weighted by atomic mass is 9.94. The van der Waals surface area contributed by atoms with Crippen LogP contribution in [0.4, 0.5) is 5.13 Å². The van der Waals surface area contributed by atoms with Gasteiger partial charge in [0.2, 0.25) is 5.75 Å². The molecular formula is C30H28N2O6S. The van der Waals surface area contributed by atoms with Crippen LogP contribution in [0.1, 0.15) is 35.2 Å². The van der Waals surface area contributed by atoms with Gasteiger partial charge in [-0.15, -0.1) is 0 Å². The number of aromatic nitrogens is 1. The van der Waals surface area contributed by atoms with Gasteiger partial charge >= 0.3 is 5.91 Å². The molecule has 1 N–H and O–H groups in total. The van der Waals surface area contributed by atoms with E-state index in [0.717, 1.165) is 27.8 Å². The number of ether oxygens (including phenoxy) is 3. The second-order valence-corrected chi connectivity index (χ2v) is 10.2. The maximum Gasteiger partial charge on any atom is 0.301 e. The fraction of sp³-hybridized carbons (Fsp3) is 0.233. The number of carbonyl (C=O) groups excluding carboxylic acids is 2. The molecule has 1 fully saturated rings. The Kier molecular flexibility index (Phi) is 7.01. The van der Waals surface area contributed by atoms with Crippen LogP contribution in [0, 0.1) is 6.92 Å². The fourth-order valence-electron chi connectivity index (χ4n) is 4.75. The molecule has 0 spiro atoms. The molecule has 0 saturated carbocycles. The highest BCUT2D eigenvalue weighted by Crippen LogP contribution is 2.48. The zero-order valence-electron chi connectivity index (χ0n) is 22.3. The van der Waals surface area contributed by atoms with E-state index in [9.17, 15) is 14.7 Å². The lowest BCUT2D eigenvalue weighted by Crippen LogP contribution is -2.29. The number of nitrogens with zero attached hydrogens (tertiary/aromatic N) is 2. The van der Waals surface area contributed by atoms with Crippen molar-refractivity contribution in [1.29, 1.82) is 0 Å². The summed E-state index contributed by atoms with van der Waals surface area (Å²) in [5, 5.41) is 11.8. The van der Waals surface area contributed by atoms with E-state index in [1.165, 1.54) is 37.6 Å². The third-order valence-corrected chi connectivity index (χ3v) is 7.85. The van der Waals surface area contributed by atoms with Gasteiger partial charge in [-0.2, -0.15) is 0 Å². The largest absolute Gasteiger partial charge is 0.507 e. The molecule has 1 aliphatic heterocycles. The Balaban J connectivity index is 1.77. The smallest absolute Gasteiger partial charge is 0.301 e. The van der Waals surface area contributed by atoms with E-state index in [1.807, 2.05) is 37.3 Å². The number of rotatable bonds is 7. The van der Waals surface area contributed by atoms with E-state index in [-0.39, 0.29) is 11.3 Å². The van der Waals surface area contributed by atoms with Crippen molar-refractivity contribution in [3.8, 4) is 17.2 Å². The molecule has 0 bridgehead atoms. The molecule has 2 heterocycles. The number of amides is 1. The van der Waals surface area contributed by atoms with Crippen LogP contribution in [-0.2, 0) is 16.0 Å². The maximum atomic E-state index is 13.6. The molecule has 8 nitrogen and oxygen atoms in total. The van der Waals surface area contributed by atoms with Gasteiger partial charge in [0.1, 0.15) is 5.76 Å². The summed E-state index contributed by atoms with van der Waals surface area (Å²) in [4.78, 5) is 33.3. The minimum atomic E-state index is -0.994. The predicted octanol–water partition coefficient (Wildman–Crippen LogP) is 5.82. The highest BCUT2D eigenvalue weighted by atomic mass is 32.1. The lowest BCUT2D eigenvalue weighted by Gasteiger charge is -2.24. The van der Waals surface area contributed by atoms with Crippen molar-refractivity contribution in [2.24, 2.45) is 0 Å². The van der Waals surface area contributed by atoms with Crippen molar-refractivity contribution in [3.63, 3.8) is 0 Å². The topological polar surface area (TPSA) is 98.2 Å². The van der Waals surface area contributed by atoms with Gasteiger partial charge in [-0.25, -0.2) is 4.98 Å².